The molecule has 0 amide bonds. The van der Waals surface area contributed by atoms with E-state index in [1.54, 1.807) is 13.2 Å². The minimum Gasteiger partial charge on any atom is -0.497 e. The van der Waals surface area contributed by atoms with Gasteiger partial charge >= 0.3 is 0 Å². The number of nitrogens with zero attached hydrogens (tertiary/aromatic N) is 1. The molecule has 100 valence electrons. The van der Waals surface area contributed by atoms with E-state index in [0.717, 1.165) is 18.7 Å². The molecule has 1 unspecified atom stereocenters. The molecular weight excluding hydrogens is 226 g/mol. The van der Waals surface area contributed by atoms with E-state index in [1.165, 1.54) is 0 Å². The molecule has 0 aliphatic rings. The number of carbonyl (C=O) groups is 1. The fourth-order valence-corrected chi connectivity index (χ4v) is 1.86. The molecule has 0 aliphatic heterocycles. The van der Waals surface area contributed by atoms with E-state index in [1.807, 2.05) is 25.2 Å². The fraction of sp³-hybridized carbons (Fsp3) is 0.533. The van der Waals surface area contributed by atoms with Crippen molar-refractivity contribution < 1.29 is 9.53 Å². The molecule has 0 N–H and O–H groups in total. The summed E-state index contributed by atoms with van der Waals surface area (Å²) in [7, 11) is 3.60. The SMILES string of the molecule is CCC(C)CN(C)CC(=O)c1cccc(OC)c1. The van der Waals surface area contributed by atoms with Crippen LogP contribution in [0.25, 0.3) is 0 Å². The summed E-state index contributed by atoms with van der Waals surface area (Å²) in [6.07, 6.45) is 1.14. The smallest absolute Gasteiger partial charge is 0.176 e. The Hall–Kier alpha value is -1.35. The lowest BCUT2D eigenvalue weighted by Gasteiger charge is -2.19. The van der Waals surface area contributed by atoms with Gasteiger partial charge in [-0.05, 0) is 25.1 Å². The first-order valence-electron chi connectivity index (χ1n) is 6.42. The Labute approximate surface area is 110 Å². The van der Waals surface area contributed by atoms with Gasteiger partial charge in [-0.25, -0.2) is 0 Å². The first kappa shape index (κ1) is 14.7. The molecule has 3 heteroatoms. The number of ketones is 1. The summed E-state index contributed by atoms with van der Waals surface area (Å²) in [6.45, 7) is 5.78. The molecular formula is C15H23NO2. The van der Waals surface area contributed by atoms with Crippen LogP contribution in [0.3, 0.4) is 0 Å². The highest BCUT2D eigenvalue weighted by Crippen LogP contribution is 2.13. The van der Waals surface area contributed by atoms with Gasteiger partial charge in [0, 0.05) is 12.1 Å². The predicted molar refractivity (Wildman–Crippen MR) is 74.3 cm³/mol. The summed E-state index contributed by atoms with van der Waals surface area (Å²) < 4.78 is 5.13. The normalized spacial score (nSPS) is 12.5. The second kappa shape index (κ2) is 7.17. The zero-order chi connectivity index (χ0) is 13.5. The molecule has 0 heterocycles. The van der Waals surface area contributed by atoms with E-state index < -0.39 is 0 Å². The van der Waals surface area contributed by atoms with E-state index >= 15 is 0 Å². The van der Waals surface area contributed by atoms with E-state index in [4.69, 9.17) is 4.74 Å². The van der Waals surface area contributed by atoms with Crippen LogP contribution in [0.1, 0.15) is 30.6 Å². The van der Waals surface area contributed by atoms with Crippen molar-refractivity contribution in [2.24, 2.45) is 5.92 Å². The van der Waals surface area contributed by atoms with Crippen molar-refractivity contribution in [1.29, 1.82) is 0 Å². The standard InChI is InChI=1S/C15H23NO2/c1-5-12(2)10-16(3)11-15(17)13-7-6-8-14(9-13)18-4/h6-9,12H,5,10-11H2,1-4H3. The summed E-state index contributed by atoms with van der Waals surface area (Å²) >= 11 is 0. The average Bonchev–Trinajstić information content (AvgIpc) is 2.38. The maximum absolute atomic E-state index is 12.1. The van der Waals surface area contributed by atoms with Gasteiger partial charge in [-0.3, -0.25) is 9.69 Å². The summed E-state index contributed by atoms with van der Waals surface area (Å²) in [6, 6.07) is 7.32. The molecule has 0 spiro atoms. The number of rotatable bonds is 7. The molecule has 3 nitrogen and oxygen atoms in total. The quantitative estimate of drug-likeness (QED) is 0.696. The molecule has 0 aromatic heterocycles. The largest absolute Gasteiger partial charge is 0.497 e. The number of Topliss-reactive ketones (excluding diaryl/α,β-unsaturated/α-hetero) is 1. The first-order valence-corrected chi connectivity index (χ1v) is 6.42. The molecule has 0 saturated heterocycles. The van der Waals surface area contributed by atoms with E-state index in [-0.39, 0.29) is 5.78 Å². The van der Waals surface area contributed by atoms with Crippen LogP contribution in [0.5, 0.6) is 5.75 Å². The van der Waals surface area contributed by atoms with Crippen molar-refractivity contribution in [1.82, 2.24) is 4.90 Å². The maximum atomic E-state index is 12.1. The van der Waals surface area contributed by atoms with Gasteiger partial charge in [-0.15, -0.1) is 0 Å². The third-order valence-electron chi connectivity index (χ3n) is 3.13. The van der Waals surface area contributed by atoms with Gasteiger partial charge in [0.15, 0.2) is 5.78 Å². The monoisotopic (exact) mass is 249 g/mol. The van der Waals surface area contributed by atoms with Gasteiger partial charge in [-0.1, -0.05) is 32.4 Å². The first-order chi connectivity index (χ1) is 8.56. The lowest BCUT2D eigenvalue weighted by atomic mass is 10.1. The fourth-order valence-electron chi connectivity index (χ4n) is 1.86. The Morgan fingerprint density at radius 3 is 2.78 bits per heavy atom. The number of carbonyl (C=O) groups excluding carboxylic acids is 1. The predicted octanol–water partition coefficient (Wildman–Crippen LogP) is 2.86. The number of hydrogen-bond acceptors (Lipinski definition) is 3. The molecule has 1 rings (SSSR count). The number of methoxy groups -OCH3 is 1. The van der Waals surface area contributed by atoms with Crippen molar-refractivity contribution in [2.45, 2.75) is 20.3 Å². The summed E-state index contributed by atoms with van der Waals surface area (Å²) in [5, 5.41) is 0. The molecule has 0 radical (unpaired) electrons. The molecule has 1 aromatic carbocycles. The van der Waals surface area contributed by atoms with Crippen LogP contribution in [-0.2, 0) is 0 Å². The maximum Gasteiger partial charge on any atom is 0.176 e. The molecule has 0 bridgehead atoms. The minimum absolute atomic E-state index is 0.139. The Morgan fingerprint density at radius 2 is 2.17 bits per heavy atom. The Bertz CT molecular complexity index is 390. The van der Waals surface area contributed by atoms with Crippen molar-refractivity contribution in [2.75, 3.05) is 27.2 Å². The highest BCUT2D eigenvalue weighted by Gasteiger charge is 2.11. The van der Waals surface area contributed by atoms with Crippen LogP contribution < -0.4 is 4.74 Å². The molecule has 1 atom stereocenters. The van der Waals surface area contributed by atoms with Crippen molar-refractivity contribution in [3.63, 3.8) is 0 Å². The number of hydrogen-bond donors (Lipinski definition) is 0. The van der Waals surface area contributed by atoms with Crippen molar-refractivity contribution in [3.05, 3.63) is 29.8 Å². The van der Waals surface area contributed by atoms with Gasteiger partial charge in [0.2, 0.25) is 0 Å². The van der Waals surface area contributed by atoms with E-state index in [9.17, 15) is 4.79 Å². The van der Waals surface area contributed by atoms with E-state index in [0.29, 0.717) is 18.0 Å². The van der Waals surface area contributed by atoms with Crippen LogP contribution in [0, 0.1) is 5.92 Å². The summed E-state index contributed by atoms with van der Waals surface area (Å²) in [5.74, 6) is 1.48. The Kier molecular flexibility index (Phi) is 5.86. The summed E-state index contributed by atoms with van der Waals surface area (Å²) in [5.41, 5.74) is 0.713. The van der Waals surface area contributed by atoms with Gasteiger partial charge in [0.05, 0.1) is 13.7 Å². The molecule has 0 saturated carbocycles. The highest BCUT2D eigenvalue weighted by atomic mass is 16.5. The van der Waals surface area contributed by atoms with Gasteiger partial charge in [0.25, 0.3) is 0 Å². The van der Waals surface area contributed by atoms with Crippen LogP contribution in [-0.4, -0.2) is 37.9 Å². The molecule has 18 heavy (non-hydrogen) atoms. The number of likely N-dealkylation sites (N-methyl/N-ethyl adjacent to an activating group) is 1. The average molecular weight is 249 g/mol. The molecule has 0 fully saturated rings. The second-order valence-electron chi connectivity index (χ2n) is 4.87. The second-order valence-corrected chi connectivity index (χ2v) is 4.87. The summed E-state index contributed by atoms with van der Waals surface area (Å²) in [4.78, 5) is 14.2. The Morgan fingerprint density at radius 1 is 1.44 bits per heavy atom. The van der Waals surface area contributed by atoms with Gasteiger partial charge in [0.1, 0.15) is 5.75 Å². The van der Waals surface area contributed by atoms with Crippen LogP contribution in [0.4, 0.5) is 0 Å². The lowest BCUT2D eigenvalue weighted by molar-refractivity contribution is 0.0938. The number of benzene rings is 1. The van der Waals surface area contributed by atoms with Crippen molar-refractivity contribution >= 4 is 5.78 Å². The molecule has 1 aromatic rings. The number of ether oxygens (including phenoxy) is 1. The minimum atomic E-state index is 0.139. The van der Waals surface area contributed by atoms with Gasteiger partial charge < -0.3 is 4.74 Å². The van der Waals surface area contributed by atoms with Crippen LogP contribution in [0.2, 0.25) is 0 Å². The lowest BCUT2D eigenvalue weighted by Crippen LogP contribution is -2.30. The zero-order valence-electron chi connectivity index (χ0n) is 11.8. The van der Waals surface area contributed by atoms with Crippen molar-refractivity contribution in [3.8, 4) is 5.75 Å². The zero-order valence-corrected chi connectivity index (χ0v) is 11.8. The third kappa shape index (κ3) is 4.49. The molecule has 0 aliphatic carbocycles. The van der Waals surface area contributed by atoms with E-state index in [2.05, 4.69) is 18.7 Å². The van der Waals surface area contributed by atoms with Crippen LogP contribution in [0.15, 0.2) is 24.3 Å². The van der Waals surface area contributed by atoms with Crippen LogP contribution >= 0.6 is 0 Å². The highest BCUT2D eigenvalue weighted by molar-refractivity contribution is 5.97. The van der Waals surface area contributed by atoms with Gasteiger partial charge in [-0.2, -0.15) is 0 Å². The Balaban J connectivity index is 2.58. The third-order valence-corrected chi connectivity index (χ3v) is 3.13. The topological polar surface area (TPSA) is 29.5 Å².